The molecule has 20 heavy (non-hydrogen) atoms. The highest BCUT2D eigenvalue weighted by atomic mass is 16.3. The van der Waals surface area contributed by atoms with E-state index in [2.05, 4.69) is 4.90 Å². The van der Waals surface area contributed by atoms with Crippen molar-refractivity contribution in [3.8, 4) is 0 Å². The lowest BCUT2D eigenvalue weighted by atomic mass is 9.71. The molecule has 0 radical (unpaired) electrons. The maximum absolute atomic E-state index is 12.5. The van der Waals surface area contributed by atoms with Crippen molar-refractivity contribution in [1.29, 1.82) is 0 Å². The van der Waals surface area contributed by atoms with Crippen molar-refractivity contribution in [2.24, 2.45) is 5.92 Å². The quantitative estimate of drug-likeness (QED) is 0.856. The number of rotatable bonds is 4. The van der Waals surface area contributed by atoms with Crippen molar-refractivity contribution in [3.05, 3.63) is 0 Å². The zero-order valence-electron chi connectivity index (χ0n) is 13.3. The monoisotopic (exact) mass is 282 g/mol. The Kier molecular flexibility index (Phi) is 5.08. The minimum absolute atomic E-state index is 0.0543. The van der Waals surface area contributed by atoms with Gasteiger partial charge in [-0.1, -0.05) is 12.8 Å². The average Bonchev–Trinajstić information content (AvgIpc) is 2.46. The molecule has 1 aliphatic carbocycles. The van der Waals surface area contributed by atoms with Crippen LogP contribution in [0.25, 0.3) is 0 Å². The molecule has 1 saturated carbocycles. The number of likely N-dealkylation sites (tertiary alicyclic amines) is 1. The van der Waals surface area contributed by atoms with Crippen LogP contribution in [0.5, 0.6) is 0 Å². The summed E-state index contributed by atoms with van der Waals surface area (Å²) in [4.78, 5) is 16.7. The summed E-state index contributed by atoms with van der Waals surface area (Å²) < 4.78 is 0. The van der Waals surface area contributed by atoms with Gasteiger partial charge in [-0.2, -0.15) is 0 Å². The van der Waals surface area contributed by atoms with Crippen LogP contribution < -0.4 is 0 Å². The average molecular weight is 282 g/mol. The van der Waals surface area contributed by atoms with Crippen molar-refractivity contribution < 1.29 is 9.90 Å². The van der Waals surface area contributed by atoms with Crippen molar-refractivity contribution >= 4 is 5.91 Å². The molecule has 0 aromatic heterocycles. The molecular formula is C16H30N2O2. The number of hydrogen-bond acceptors (Lipinski definition) is 3. The second kappa shape index (κ2) is 6.44. The summed E-state index contributed by atoms with van der Waals surface area (Å²) in [5.41, 5.74) is -0.452. The molecule has 2 fully saturated rings. The summed E-state index contributed by atoms with van der Waals surface area (Å²) in [5.74, 6) is 0.591. The second-order valence-electron chi connectivity index (χ2n) is 6.48. The van der Waals surface area contributed by atoms with Gasteiger partial charge < -0.3 is 10.0 Å². The summed E-state index contributed by atoms with van der Waals surface area (Å²) in [6, 6.07) is -0.0543. The molecule has 1 saturated heterocycles. The van der Waals surface area contributed by atoms with Crippen LogP contribution in [0.1, 0.15) is 52.9 Å². The summed E-state index contributed by atoms with van der Waals surface area (Å²) in [6.07, 6.45) is 5.26. The number of piperidine rings is 1. The van der Waals surface area contributed by atoms with Crippen LogP contribution in [-0.2, 0) is 4.79 Å². The largest absolute Gasteiger partial charge is 0.390 e. The third-order valence-corrected chi connectivity index (χ3v) is 5.44. The van der Waals surface area contributed by atoms with Crippen LogP contribution in [0.3, 0.4) is 0 Å². The Hall–Kier alpha value is -0.610. The number of carbonyl (C=O) groups excluding carboxylic acids is 1. The molecule has 2 rings (SSSR count). The maximum Gasteiger partial charge on any atom is 0.239 e. The van der Waals surface area contributed by atoms with Crippen molar-refractivity contribution in [2.45, 2.75) is 64.5 Å². The third-order valence-electron chi connectivity index (χ3n) is 5.44. The van der Waals surface area contributed by atoms with Crippen molar-refractivity contribution in [2.75, 3.05) is 26.2 Å². The van der Waals surface area contributed by atoms with E-state index in [1.807, 2.05) is 25.7 Å². The van der Waals surface area contributed by atoms with Crippen LogP contribution in [0.4, 0.5) is 0 Å². The van der Waals surface area contributed by atoms with E-state index in [0.29, 0.717) is 5.92 Å². The molecule has 3 atom stereocenters. The Morgan fingerprint density at radius 3 is 2.70 bits per heavy atom. The lowest BCUT2D eigenvalue weighted by molar-refractivity contribution is -0.142. The number of hydrogen-bond donors (Lipinski definition) is 1. The number of amides is 1. The minimum Gasteiger partial charge on any atom is -0.390 e. The number of nitrogens with zero attached hydrogens (tertiary/aromatic N) is 2. The van der Waals surface area contributed by atoms with Gasteiger partial charge in [0.15, 0.2) is 0 Å². The number of fused-ring (bicyclic) bond motifs is 1. The van der Waals surface area contributed by atoms with Gasteiger partial charge in [0.2, 0.25) is 5.91 Å². The van der Waals surface area contributed by atoms with Gasteiger partial charge >= 0.3 is 0 Å². The van der Waals surface area contributed by atoms with Crippen LogP contribution in [0.15, 0.2) is 0 Å². The van der Waals surface area contributed by atoms with E-state index in [9.17, 15) is 9.90 Å². The smallest absolute Gasteiger partial charge is 0.239 e. The van der Waals surface area contributed by atoms with Gasteiger partial charge in [-0.15, -0.1) is 0 Å². The standard InChI is InChI=1S/C16H30N2O2/c1-4-17(5-2)15(19)13(3)18-11-10-16(20)9-7-6-8-14(16)12-18/h13-14,20H,4-12H2,1-3H3. The molecule has 1 aliphatic heterocycles. The number of carbonyl (C=O) groups is 1. The SMILES string of the molecule is CCN(CC)C(=O)C(C)N1CCC2(O)CCCCC2C1. The molecule has 3 unspecified atom stereocenters. The summed E-state index contributed by atoms with van der Waals surface area (Å²) in [7, 11) is 0. The molecule has 1 amide bonds. The van der Waals surface area contributed by atoms with Crippen LogP contribution in [-0.4, -0.2) is 58.6 Å². The fourth-order valence-corrected chi connectivity index (χ4v) is 3.90. The normalized spacial score (nSPS) is 32.5. The van der Waals surface area contributed by atoms with Gasteiger partial charge in [-0.3, -0.25) is 9.69 Å². The zero-order chi connectivity index (χ0) is 14.8. The first-order chi connectivity index (χ1) is 9.51. The number of aliphatic hydroxyl groups is 1. The zero-order valence-corrected chi connectivity index (χ0v) is 13.3. The van der Waals surface area contributed by atoms with Gasteiger partial charge in [0.25, 0.3) is 0 Å². The second-order valence-corrected chi connectivity index (χ2v) is 6.48. The first kappa shape index (κ1) is 15.8. The van der Waals surface area contributed by atoms with Crippen molar-refractivity contribution in [1.82, 2.24) is 9.80 Å². The molecule has 0 aromatic rings. The fraction of sp³-hybridized carbons (Fsp3) is 0.938. The first-order valence-electron chi connectivity index (χ1n) is 8.27. The van der Waals surface area contributed by atoms with E-state index in [1.54, 1.807) is 0 Å². The Balaban J connectivity index is 1.98. The molecule has 4 nitrogen and oxygen atoms in total. The molecule has 1 N–H and O–H groups in total. The van der Waals surface area contributed by atoms with E-state index in [0.717, 1.165) is 51.9 Å². The number of likely N-dealkylation sites (N-methyl/N-ethyl adjacent to an activating group) is 1. The molecule has 116 valence electrons. The third kappa shape index (κ3) is 3.01. The summed E-state index contributed by atoms with van der Waals surface area (Å²) >= 11 is 0. The molecule has 0 bridgehead atoms. The lowest BCUT2D eigenvalue weighted by Gasteiger charge is -2.49. The topological polar surface area (TPSA) is 43.8 Å². The molecule has 0 aromatic carbocycles. The van der Waals surface area contributed by atoms with Crippen LogP contribution in [0.2, 0.25) is 0 Å². The van der Waals surface area contributed by atoms with E-state index < -0.39 is 5.60 Å². The van der Waals surface area contributed by atoms with E-state index in [1.165, 1.54) is 6.42 Å². The molecule has 1 heterocycles. The van der Waals surface area contributed by atoms with Gasteiger partial charge in [-0.25, -0.2) is 0 Å². The van der Waals surface area contributed by atoms with E-state index in [4.69, 9.17) is 0 Å². The highest BCUT2D eigenvalue weighted by Gasteiger charge is 2.44. The fourth-order valence-electron chi connectivity index (χ4n) is 3.90. The van der Waals surface area contributed by atoms with Gasteiger partial charge in [-0.05, 0) is 40.0 Å². The Labute approximate surface area is 123 Å². The summed E-state index contributed by atoms with van der Waals surface area (Å²) in [5, 5.41) is 10.7. The first-order valence-corrected chi connectivity index (χ1v) is 8.27. The van der Waals surface area contributed by atoms with E-state index in [-0.39, 0.29) is 11.9 Å². The van der Waals surface area contributed by atoms with Gasteiger partial charge in [0.05, 0.1) is 11.6 Å². The lowest BCUT2D eigenvalue weighted by Crippen LogP contribution is -2.58. The van der Waals surface area contributed by atoms with E-state index >= 15 is 0 Å². The predicted molar refractivity (Wildman–Crippen MR) is 80.5 cm³/mol. The molecule has 0 spiro atoms. The Bertz CT molecular complexity index is 343. The highest BCUT2D eigenvalue weighted by Crippen LogP contribution is 2.40. The van der Waals surface area contributed by atoms with Crippen molar-refractivity contribution in [3.63, 3.8) is 0 Å². The maximum atomic E-state index is 12.5. The molecule has 4 heteroatoms. The molecular weight excluding hydrogens is 252 g/mol. The summed E-state index contributed by atoms with van der Waals surface area (Å²) in [6.45, 7) is 9.37. The Morgan fingerprint density at radius 2 is 2.05 bits per heavy atom. The minimum atomic E-state index is -0.452. The predicted octanol–water partition coefficient (Wildman–Crippen LogP) is 1.87. The van der Waals surface area contributed by atoms with Gasteiger partial charge in [0, 0.05) is 32.1 Å². The van der Waals surface area contributed by atoms with Crippen LogP contribution >= 0.6 is 0 Å². The van der Waals surface area contributed by atoms with Gasteiger partial charge in [0.1, 0.15) is 0 Å². The van der Waals surface area contributed by atoms with Crippen LogP contribution in [0, 0.1) is 5.92 Å². The Morgan fingerprint density at radius 1 is 1.35 bits per heavy atom. The molecule has 2 aliphatic rings. The highest BCUT2D eigenvalue weighted by molar-refractivity contribution is 5.81.